The lowest BCUT2D eigenvalue weighted by molar-refractivity contribution is 0.00578. The summed E-state index contributed by atoms with van der Waals surface area (Å²) in [6.07, 6.45) is 1.02. The van der Waals surface area contributed by atoms with Crippen LogP contribution in [-0.4, -0.2) is 39.8 Å². The maximum atomic E-state index is 12.0. The smallest absolute Gasteiger partial charge is 0.444 e. The Hall–Kier alpha value is -1.54. The summed E-state index contributed by atoms with van der Waals surface area (Å²) in [7, 11) is 1.16. The summed E-state index contributed by atoms with van der Waals surface area (Å²) in [6.45, 7) is 13.3. The zero-order valence-electron chi connectivity index (χ0n) is 15.2. The summed E-state index contributed by atoms with van der Waals surface area (Å²) in [5.74, 6) is 0. The number of anilines is 1. The average molecular weight is 323 g/mol. The number of aromatic nitrogens is 2. The summed E-state index contributed by atoms with van der Waals surface area (Å²) >= 11 is 0. The molecule has 2 heterocycles. The fraction of sp³-hybridized carbons (Fsp3) is 0.733. The monoisotopic (exact) mass is 323 g/mol. The van der Waals surface area contributed by atoms with E-state index in [4.69, 9.17) is 14.0 Å². The highest BCUT2D eigenvalue weighted by atomic mass is 16.7. The molecule has 23 heavy (non-hydrogen) atoms. The number of nitrogens with zero attached hydrogens (tertiary/aromatic N) is 2. The van der Waals surface area contributed by atoms with E-state index in [1.807, 2.05) is 48.5 Å². The van der Waals surface area contributed by atoms with E-state index in [9.17, 15) is 4.79 Å². The van der Waals surface area contributed by atoms with Gasteiger partial charge in [-0.25, -0.2) is 4.79 Å². The van der Waals surface area contributed by atoms with E-state index in [1.165, 1.54) is 0 Å². The Morgan fingerprint density at radius 3 is 2.26 bits per heavy atom. The summed E-state index contributed by atoms with van der Waals surface area (Å²) in [4.78, 5) is 12.0. The van der Waals surface area contributed by atoms with Crippen molar-refractivity contribution in [2.75, 3.05) is 5.32 Å². The molecule has 1 aliphatic rings. The van der Waals surface area contributed by atoms with Crippen LogP contribution in [-0.2, 0) is 21.1 Å². The number of carbonyl (C=O) groups is 1. The molecule has 0 spiro atoms. The van der Waals surface area contributed by atoms with Gasteiger partial charge in [-0.3, -0.25) is 10.00 Å². The fourth-order valence-corrected chi connectivity index (χ4v) is 2.19. The van der Waals surface area contributed by atoms with Gasteiger partial charge in [-0.15, -0.1) is 0 Å². The Morgan fingerprint density at radius 1 is 1.26 bits per heavy atom. The van der Waals surface area contributed by atoms with E-state index in [-0.39, 0.29) is 0 Å². The Balaban J connectivity index is 2.22. The number of rotatable bonds is 2. The molecule has 2 rings (SSSR count). The van der Waals surface area contributed by atoms with Gasteiger partial charge >= 0.3 is 13.2 Å². The highest BCUT2D eigenvalue weighted by molar-refractivity contribution is 6.63. The van der Waals surface area contributed by atoms with Gasteiger partial charge in [-0.1, -0.05) is 0 Å². The first-order valence-electron chi connectivity index (χ1n) is 7.70. The number of hydrogen-bond acceptors (Lipinski definition) is 5. The van der Waals surface area contributed by atoms with Crippen LogP contribution in [0, 0.1) is 0 Å². The van der Waals surface area contributed by atoms with Crippen molar-refractivity contribution in [3.8, 4) is 0 Å². The van der Waals surface area contributed by atoms with Crippen LogP contribution in [0.5, 0.6) is 0 Å². The first-order chi connectivity index (χ1) is 10.3. The van der Waals surface area contributed by atoms with Gasteiger partial charge in [0.05, 0.1) is 28.7 Å². The van der Waals surface area contributed by atoms with Gasteiger partial charge in [0.25, 0.3) is 0 Å². The van der Waals surface area contributed by atoms with Crippen LogP contribution >= 0.6 is 0 Å². The quantitative estimate of drug-likeness (QED) is 0.843. The molecule has 0 atom stereocenters. The molecular formula is C15H26BN3O4. The second kappa shape index (κ2) is 5.52. The maximum absolute atomic E-state index is 12.0. The summed E-state index contributed by atoms with van der Waals surface area (Å²) in [5, 5.41) is 6.91. The molecule has 1 fully saturated rings. The number of ether oxygens (including phenoxy) is 1. The largest absolute Gasteiger partial charge is 0.516 e. The lowest BCUT2D eigenvalue weighted by Gasteiger charge is -2.32. The number of nitrogens with one attached hydrogen (secondary N) is 1. The predicted octanol–water partition coefficient (Wildman–Crippen LogP) is 2.07. The summed E-state index contributed by atoms with van der Waals surface area (Å²) in [6, 6.07) is 0. The Labute approximate surface area is 137 Å². The van der Waals surface area contributed by atoms with Crippen LogP contribution in [0.1, 0.15) is 48.5 Å². The highest BCUT2D eigenvalue weighted by Crippen LogP contribution is 2.36. The van der Waals surface area contributed by atoms with Gasteiger partial charge in [-0.2, -0.15) is 5.10 Å². The molecule has 0 aliphatic carbocycles. The lowest BCUT2D eigenvalue weighted by atomic mass is 9.83. The molecule has 0 bridgehead atoms. The zero-order valence-corrected chi connectivity index (χ0v) is 15.2. The Bertz CT molecular complexity index is 588. The lowest BCUT2D eigenvalue weighted by Crippen LogP contribution is -2.41. The van der Waals surface area contributed by atoms with Gasteiger partial charge in [0.2, 0.25) is 0 Å². The van der Waals surface area contributed by atoms with E-state index >= 15 is 0 Å². The van der Waals surface area contributed by atoms with E-state index in [0.29, 0.717) is 11.3 Å². The third kappa shape index (κ3) is 3.69. The summed E-state index contributed by atoms with van der Waals surface area (Å²) < 4.78 is 19.0. The van der Waals surface area contributed by atoms with E-state index in [0.717, 1.165) is 0 Å². The fourth-order valence-electron chi connectivity index (χ4n) is 2.19. The third-order valence-electron chi connectivity index (χ3n) is 4.10. The highest BCUT2D eigenvalue weighted by Gasteiger charge is 2.53. The van der Waals surface area contributed by atoms with Crippen molar-refractivity contribution >= 4 is 24.5 Å². The number of amides is 1. The Kier molecular flexibility index (Phi) is 4.28. The van der Waals surface area contributed by atoms with Gasteiger partial charge in [0, 0.05) is 7.05 Å². The van der Waals surface area contributed by atoms with Gasteiger partial charge in [0.15, 0.2) is 0 Å². The molecule has 1 amide bonds. The minimum absolute atomic E-state index is 0.467. The zero-order chi connectivity index (χ0) is 17.6. The van der Waals surface area contributed by atoms with Gasteiger partial charge in [0.1, 0.15) is 5.60 Å². The SMILES string of the molecule is Cn1ncc(NC(=O)OC(C)(C)C)c1B1OC(C)(C)C(C)(C)O1. The molecule has 1 aromatic heterocycles. The number of aryl methyl sites for hydroxylation is 1. The number of hydrogen-bond donors (Lipinski definition) is 1. The maximum Gasteiger partial charge on any atom is 0.516 e. The molecule has 8 heteroatoms. The van der Waals surface area contributed by atoms with Crippen molar-refractivity contribution in [1.82, 2.24) is 9.78 Å². The van der Waals surface area contributed by atoms with E-state index < -0.39 is 30.0 Å². The van der Waals surface area contributed by atoms with Crippen molar-refractivity contribution < 1.29 is 18.8 Å². The predicted molar refractivity (Wildman–Crippen MR) is 88.8 cm³/mol. The standard InChI is InChI=1S/C15H26BN3O4/c1-13(2,3)21-12(20)18-10-9-17-19(8)11(10)16-22-14(4,5)15(6,7)23-16/h9H,1-8H3,(H,18,20). The second-order valence-corrected chi connectivity index (χ2v) is 7.78. The van der Waals surface area contributed by atoms with Gasteiger partial charge < -0.3 is 14.0 Å². The first kappa shape index (κ1) is 17.8. The molecule has 7 nitrogen and oxygen atoms in total. The molecule has 0 radical (unpaired) electrons. The molecule has 128 valence electrons. The van der Waals surface area contributed by atoms with Crippen molar-refractivity contribution in [3.05, 3.63) is 6.20 Å². The molecule has 1 aliphatic heterocycles. The van der Waals surface area contributed by atoms with Crippen LogP contribution in [0.4, 0.5) is 10.5 Å². The Morgan fingerprint density at radius 2 is 1.78 bits per heavy atom. The normalized spacial score (nSPS) is 19.7. The topological polar surface area (TPSA) is 74.6 Å². The van der Waals surface area contributed by atoms with Gasteiger partial charge in [-0.05, 0) is 48.5 Å². The van der Waals surface area contributed by atoms with Crippen molar-refractivity contribution in [2.24, 2.45) is 7.05 Å². The average Bonchev–Trinajstić information content (AvgIpc) is 2.74. The minimum atomic E-state index is -0.613. The molecule has 1 saturated heterocycles. The minimum Gasteiger partial charge on any atom is -0.444 e. The second-order valence-electron chi connectivity index (χ2n) is 7.78. The molecular weight excluding hydrogens is 297 g/mol. The third-order valence-corrected chi connectivity index (χ3v) is 4.10. The molecule has 0 saturated carbocycles. The van der Waals surface area contributed by atoms with Crippen LogP contribution in [0.15, 0.2) is 6.20 Å². The van der Waals surface area contributed by atoms with Crippen LogP contribution < -0.4 is 10.9 Å². The number of carbonyl (C=O) groups excluding carboxylic acids is 1. The van der Waals surface area contributed by atoms with Crippen molar-refractivity contribution in [3.63, 3.8) is 0 Å². The van der Waals surface area contributed by atoms with Crippen molar-refractivity contribution in [2.45, 2.75) is 65.3 Å². The van der Waals surface area contributed by atoms with E-state index in [1.54, 1.807) is 17.9 Å². The molecule has 0 aromatic carbocycles. The van der Waals surface area contributed by atoms with E-state index in [2.05, 4.69) is 10.4 Å². The molecule has 1 aromatic rings. The van der Waals surface area contributed by atoms with Crippen LogP contribution in [0.25, 0.3) is 0 Å². The summed E-state index contributed by atoms with van der Waals surface area (Å²) in [5.41, 5.74) is -0.345. The molecule has 1 N–H and O–H groups in total. The molecule has 0 unspecified atom stereocenters. The first-order valence-corrected chi connectivity index (χ1v) is 7.70. The van der Waals surface area contributed by atoms with Crippen molar-refractivity contribution in [1.29, 1.82) is 0 Å². The van der Waals surface area contributed by atoms with Crippen LogP contribution in [0.3, 0.4) is 0 Å². The van der Waals surface area contributed by atoms with Crippen LogP contribution in [0.2, 0.25) is 0 Å².